The Labute approximate surface area is 132 Å². The molecular weight excluding hydrogens is 360 g/mol. The summed E-state index contributed by atoms with van der Waals surface area (Å²) >= 11 is 3.22. The van der Waals surface area contributed by atoms with Gasteiger partial charge in [-0.15, -0.1) is 0 Å². The molecule has 1 saturated carbocycles. The number of hydrogen-bond acceptors (Lipinski definition) is 5. The summed E-state index contributed by atoms with van der Waals surface area (Å²) in [5, 5.41) is 11.6. The second kappa shape index (κ2) is 6.71. The van der Waals surface area contributed by atoms with Crippen molar-refractivity contribution in [3.63, 3.8) is 0 Å². The van der Waals surface area contributed by atoms with Crippen LogP contribution in [0.3, 0.4) is 0 Å². The number of amidine groups is 1. The Balaban J connectivity index is 2.38. The maximum Gasteiger partial charge on any atom is 0.245 e. The van der Waals surface area contributed by atoms with Crippen molar-refractivity contribution >= 4 is 31.8 Å². The van der Waals surface area contributed by atoms with Gasteiger partial charge in [0.1, 0.15) is 4.90 Å². The maximum atomic E-state index is 12.8. The van der Waals surface area contributed by atoms with Gasteiger partial charge < -0.3 is 10.9 Å². The highest BCUT2D eigenvalue weighted by atomic mass is 79.9. The number of nitrogens with two attached hydrogens (primary N) is 1. The second-order valence-corrected chi connectivity index (χ2v) is 7.72. The molecule has 1 aromatic rings. The molecule has 21 heavy (non-hydrogen) atoms. The minimum atomic E-state index is -3.74. The van der Waals surface area contributed by atoms with E-state index in [9.17, 15) is 8.42 Å². The van der Waals surface area contributed by atoms with Gasteiger partial charge in [0, 0.05) is 22.9 Å². The summed E-state index contributed by atoms with van der Waals surface area (Å²) in [6.07, 6.45) is 6.32. The van der Waals surface area contributed by atoms with Gasteiger partial charge in [-0.1, -0.05) is 18.0 Å². The first-order chi connectivity index (χ1) is 9.95. The summed E-state index contributed by atoms with van der Waals surface area (Å²) in [5.74, 6) is -0.131. The lowest BCUT2D eigenvalue weighted by molar-refractivity contribution is 0.308. The smallest absolute Gasteiger partial charge is 0.245 e. The molecule has 0 amide bonds. The molecule has 0 spiro atoms. The maximum absolute atomic E-state index is 12.8. The fourth-order valence-corrected chi connectivity index (χ4v) is 4.63. The molecule has 1 aliphatic carbocycles. The highest BCUT2D eigenvalue weighted by molar-refractivity contribution is 9.10. The molecule has 0 saturated heterocycles. The fourth-order valence-electron chi connectivity index (χ4n) is 2.46. The van der Waals surface area contributed by atoms with E-state index in [2.05, 4.69) is 26.1 Å². The minimum Gasteiger partial charge on any atom is -0.409 e. The van der Waals surface area contributed by atoms with Gasteiger partial charge in [-0.25, -0.2) is 8.42 Å². The van der Waals surface area contributed by atoms with Gasteiger partial charge >= 0.3 is 0 Å². The van der Waals surface area contributed by atoms with Gasteiger partial charge in [0.15, 0.2) is 5.84 Å². The zero-order valence-electron chi connectivity index (χ0n) is 11.3. The zero-order valence-corrected chi connectivity index (χ0v) is 13.7. The Hall–Kier alpha value is -1.19. The number of oxime groups is 1. The molecule has 2 rings (SSSR count). The topological polar surface area (TPSA) is 109 Å². The number of aromatic nitrogens is 1. The first-order valence-electron chi connectivity index (χ1n) is 6.54. The lowest BCUT2D eigenvalue weighted by atomic mass is 10.2. The molecule has 1 heterocycles. The number of rotatable bonds is 5. The normalized spacial score (nSPS) is 17.5. The van der Waals surface area contributed by atoms with E-state index in [4.69, 9.17) is 10.9 Å². The van der Waals surface area contributed by atoms with Crippen LogP contribution in [0.2, 0.25) is 0 Å². The fraction of sp³-hybridized carbons (Fsp3) is 0.500. The predicted molar refractivity (Wildman–Crippen MR) is 81.5 cm³/mol. The molecule has 0 aliphatic heterocycles. The van der Waals surface area contributed by atoms with E-state index in [1.807, 2.05) is 0 Å². The third-order valence-corrected chi connectivity index (χ3v) is 5.76. The monoisotopic (exact) mass is 376 g/mol. The van der Waals surface area contributed by atoms with E-state index in [1.165, 1.54) is 22.8 Å². The Morgan fingerprint density at radius 3 is 2.71 bits per heavy atom. The molecule has 0 radical (unpaired) electrons. The molecular formula is C12H17BrN4O3S. The molecule has 1 fully saturated rings. The molecule has 0 unspecified atom stereocenters. The molecule has 7 nitrogen and oxygen atoms in total. The van der Waals surface area contributed by atoms with Crippen LogP contribution < -0.4 is 5.73 Å². The van der Waals surface area contributed by atoms with E-state index in [0.717, 1.165) is 25.7 Å². The van der Waals surface area contributed by atoms with Crippen LogP contribution in [0.25, 0.3) is 0 Å². The quantitative estimate of drug-likeness (QED) is 0.350. The number of sulfonamides is 1. The van der Waals surface area contributed by atoms with Gasteiger partial charge in [-0.05, 0) is 34.8 Å². The van der Waals surface area contributed by atoms with E-state index in [1.54, 1.807) is 0 Å². The van der Waals surface area contributed by atoms with Crippen molar-refractivity contribution in [2.45, 2.75) is 36.6 Å². The third kappa shape index (κ3) is 3.72. The summed E-state index contributed by atoms with van der Waals surface area (Å²) in [7, 11) is -3.74. The van der Waals surface area contributed by atoms with Crippen LogP contribution in [0.1, 0.15) is 25.7 Å². The van der Waals surface area contributed by atoms with Crippen LogP contribution in [-0.4, -0.2) is 41.3 Å². The van der Waals surface area contributed by atoms with Crippen LogP contribution >= 0.6 is 15.9 Å². The average molecular weight is 377 g/mol. The predicted octanol–water partition coefficient (Wildman–Crippen LogP) is 1.52. The van der Waals surface area contributed by atoms with E-state index >= 15 is 0 Å². The van der Waals surface area contributed by atoms with Gasteiger partial charge in [0.2, 0.25) is 10.0 Å². The van der Waals surface area contributed by atoms with Crippen molar-refractivity contribution in [3.8, 4) is 0 Å². The van der Waals surface area contributed by atoms with E-state index < -0.39 is 10.0 Å². The SMILES string of the molecule is NC(CN(C1CCCC1)S(=O)(=O)c1cncc(Br)c1)=NO. The van der Waals surface area contributed by atoms with Crippen LogP contribution in [0, 0.1) is 0 Å². The largest absolute Gasteiger partial charge is 0.409 e. The molecule has 3 N–H and O–H groups in total. The van der Waals surface area contributed by atoms with Crippen molar-refractivity contribution in [1.29, 1.82) is 0 Å². The lowest BCUT2D eigenvalue weighted by Crippen LogP contribution is -2.44. The number of pyridine rings is 1. The van der Waals surface area contributed by atoms with Crippen LogP contribution in [-0.2, 0) is 10.0 Å². The molecule has 116 valence electrons. The van der Waals surface area contributed by atoms with Gasteiger partial charge in [-0.3, -0.25) is 4.98 Å². The van der Waals surface area contributed by atoms with Crippen molar-refractivity contribution in [3.05, 3.63) is 22.9 Å². The third-order valence-electron chi connectivity index (χ3n) is 3.46. The van der Waals surface area contributed by atoms with Gasteiger partial charge in [0.25, 0.3) is 0 Å². The van der Waals surface area contributed by atoms with Crippen LogP contribution in [0.5, 0.6) is 0 Å². The molecule has 1 aromatic heterocycles. The molecule has 1 aliphatic rings. The summed E-state index contributed by atoms with van der Waals surface area (Å²) < 4.78 is 27.5. The molecule has 0 bridgehead atoms. The average Bonchev–Trinajstić information content (AvgIpc) is 2.98. The first kappa shape index (κ1) is 16.2. The summed E-state index contributed by atoms with van der Waals surface area (Å²) in [6.45, 7) is -0.129. The number of hydrogen-bond donors (Lipinski definition) is 2. The number of halogens is 1. The Morgan fingerprint density at radius 2 is 2.14 bits per heavy atom. The Morgan fingerprint density at radius 1 is 1.48 bits per heavy atom. The molecule has 0 aromatic carbocycles. The van der Waals surface area contributed by atoms with Gasteiger partial charge in [-0.2, -0.15) is 4.31 Å². The number of nitrogens with zero attached hydrogens (tertiary/aromatic N) is 3. The van der Waals surface area contributed by atoms with Gasteiger partial charge in [0.05, 0.1) is 6.54 Å². The minimum absolute atomic E-state index is 0.0921. The van der Waals surface area contributed by atoms with Crippen molar-refractivity contribution in [2.24, 2.45) is 10.9 Å². The van der Waals surface area contributed by atoms with Crippen LogP contribution in [0.4, 0.5) is 0 Å². The van der Waals surface area contributed by atoms with E-state index in [0.29, 0.717) is 4.47 Å². The van der Waals surface area contributed by atoms with Crippen molar-refractivity contribution in [1.82, 2.24) is 9.29 Å². The van der Waals surface area contributed by atoms with Crippen LogP contribution in [0.15, 0.2) is 33.0 Å². The lowest BCUT2D eigenvalue weighted by Gasteiger charge is -2.27. The zero-order chi connectivity index (χ0) is 15.5. The second-order valence-electron chi connectivity index (χ2n) is 4.92. The first-order valence-corrected chi connectivity index (χ1v) is 8.77. The van der Waals surface area contributed by atoms with Crippen molar-refractivity contribution in [2.75, 3.05) is 6.54 Å². The standard InChI is InChI=1S/C12H17BrN4O3S/c13-9-5-11(7-15-6-9)21(19,20)17(8-12(14)16-18)10-3-1-2-4-10/h5-7,10,18H,1-4,8H2,(H2,14,16). The van der Waals surface area contributed by atoms with E-state index in [-0.39, 0.29) is 23.3 Å². The molecule has 0 atom stereocenters. The highest BCUT2D eigenvalue weighted by Gasteiger charge is 2.34. The Bertz CT molecular complexity index is 629. The molecule has 9 heteroatoms. The Kier molecular flexibility index (Phi) is 5.17. The summed E-state index contributed by atoms with van der Waals surface area (Å²) in [4.78, 5) is 3.99. The van der Waals surface area contributed by atoms with Crippen molar-refractivity contribution < 1.29 is 13.6 Å². The summed E-state index contributed by atoms with van der Waals surface area (Å²) in [5.41, 5.74) is 5.52. The summed E-state index contributed by atoms with van der Waals surface area (Å²) in [6, 6.07) is 1.37. The highest BCUT2D eigenvalue weighted by Crippen LogP contribution is 2.29.